The van der Waals surface area contributed by atoms with E-state index in [0.29, 0.717) is 43.6 Å². The number of hydrogen-bond donors (Lipinski definition) is 1. The molecule has 0 unspecified atom stereocenters. The molecule has 0 spiro atoms. The lowest BCUT2D eigenvalue weighted by molar-refractivity contribution is -0.385. The van der Waals surface area contributed by atoms with Crippen LogP contribution in [-0.2, 0) is 19.6 Å². The SMILES string of the molecule is CCOC(=O)N1CCC(NC(=O)CSc2nc3ccccc3n2S(=O)(=O)c2cccc([N+](=O)[O-])c2)CC1. The molecule has 1 N–H and O–H groups in total. The fourth-order valence-corrected chi connectivity index (χ4v) is 6.55. The summed E-state index contributed by atoms with van der Waals surface area (Å²) in [5.41, 5.74) is 0.349. The van der Waals surface area contributed by atoms with E-state index in [1.807, 2.05) is 0 Å². The second-order valence-electron chi connectivity index (χ2n) is 8.22. The fourth-order valence-electron chi connectivity index (χ4n) is 3.99. The lowest BCUT2D eigenvalue weighted by Gasteiger charge is -2.31. The van der Waals surface area contributed by atoms with Crippen molar-refractivity contribution in [3.8, 4) is 0 Å². The van der Waals surface area contributed by atoms with Gasteiger partial charge in [0.1, 0.15) is 0 Å². The number of non-ortho nitro benzene ring substituents is 1. The van der Waals surface area contributed by atoms with Gasteiger partial charge in [-0.15, -0.1) is 0 Å². The molecule has 37 heavy (non-hydrogen) atoms. The number of likely N-dealkylation sites (tertiary alicyclic amines) is 1. The molecular weight excluding hydrogens is 522 g/mol. The number of nitrogens with one attached hydrogen (secondary N) is 1. The number of amides is 2. The number of hydrogen-bond acceptors (Lipinski definition) is 9. The molecule has 1 fully saturated rings. The maximum Gasteiger partial charge on any atom is 0.409 e. The average Bonchev–Trinajstić information content (AvgIpc) is 3.27. The molecule has 1 aliphatic rings. The second kappa shape index (κ2) is 11.2. The molecule has 0 bridgehead atoms. The summed E-state index contributed by atoms with van der Waals surface area (Å²) >= 11 is 0.956. The van der Waals surface area contributed by atoms with Crippen molar-refractivity contribution in [3.63, 3.8) is 0 Å². The molecule has 0 saturated carbocycles. The zero-order chi connectivity index (χ0) is 26.6. The van der Waals surface area contributed by atoms with Gasteiger partial charge in [-0.3, -0.25) is 14.9 Å². The number of carbonyl (C=O) groups is 2. The maximum atomic E-state index is 13.5. The summed E-state index contributed by atoms with van der Waals surface area (Å²) in [6.07, 6.45) is 0.788. The Labute approximate surface area is 217 Å². The van der Waals surface area contributed by atoms with Crippen molar-refractivity contribution in [2.45, 2.75) is 35.9 Å². The van der Waals surface area contributed by atoms with E-state index in [0.717, 1.165) is 21.8 Å². The first-order chi connectivity index (χ1) is 17.7. The number of para-hydroxylation sites is 2. The molecule has 1 saturated heterocycles. The van der Waals surface area contributed by atoms with Crippen LogP contribution < -0.4 is 5.32 Å². The van der Waals surface area contributed by atoms with Crippen molar-refractivity contribution in [3.05, 3.63) is 58.6 Å². The molecule has 2 heterocycles. The van der Waals surface area contributed by atoms with Gasteiger partial charge >= 0.3 is 6.09 Å². The van der Waals surface area contributed by atoms with Crippen LogP contribution in [-0.4, -0.2) is 70.7 Å². The van der Waals surface area contributed by atoms with Gasteiger partial charge < -0.3 is 15.0 Å². The monoisotopic (exact) mass is 547 g/mol. The number of benzene rings is 2. The molecule has 1 aliphatic heterocycles. The van der Waals surface area contributed by atoms with Crippen LogP contribution in [0.5, 0.6) is 0 Å². The first-order valence-electron chi connectivity index (χ1n) is 11.5. The van der Waals surface area contributed by atoms with Crippen molar-refractivity contribution in [2.24, 2.45) is 0 Å². The summed E-state index contributed by atoms with van der Waals surface area (Å²) in [5.74, 6) is -0.391. The molecule has 12 nitrogen and oxygen atoms in total. The maximum absolute atomic E-state index is 13.5. The van der Waals surface area contributed by atoms with E-state index in [1.54, 1.807) is 36.1 Å². The zero-order valence-corrected chi connectivity index (χ0v) is 21.5. The second-order valence-corrected chi connectivity index (χ2v) is 11.0. The number of fused-ring (bicyclic) bond motifs is 1. The molecule has 14 heteroatoms. The van der Waals surface area contributed by atoms with Crippen LogP contribution in [0.25, 0.3) is 11.0 Å². The van der Waals surface area contributed by atoms with E-state index in [1.165, 1.54) is 18.2 Å². The molecule has 2 aromatic carbocycles. The lowest BCUT2D eigenvalue weighted by atomic mass is 10.1. The quantitative estimate of drug-likeness (QED) is 0.255. The van der Waals surface area contributed by atoms with Gasteiger partial charge in [-0.2, -0.15) is 0 Å². The topological polar surface area (TPSA) is 154 Å². The number of ether oxygens (including phenoxy) is 1. The van der Waals surface area contributed by atoms with Gasteiger partial charge in [0, 0.05) is 31.3 Å². The third-order valence-electron chi connectivity index (χ3n) is 5.78. The molecule has 0 radical (unpaired) electrons. The predicted molar refractivity (Wildman–Crippen MR) is 136 cm³/mol. The van der Waals surface area contributed by atoms with Crippen LogP contribution in [0.4, 0.5) is 10.5 Å². The molecule has 0 atom stereocenters. The number of piperidine rings is 1. The Kier molecular flexibility index (Phi) is 7.97. The number of rotatable bonds is 8. The van der Waals surface area contributed by atoms with Gasteiger partial charge in [0.2, 0.25) is 5.91 Å². The summed E-state index contributed by atoms with van der Waals surface area (Å²) in [6.45, 7) is 2.97. The number of carbonyl (C=O) groups excluding carboxylic acids is 2. The van der Waals surface area contributed by atoms with Crippen LogP contribution in [0.3, 0.4) is 0 Å². The fraction of sp³-hybridized carbons (Fsp3) is 0.348. The Hall–Kier alpha value is -3.65. The van der Waals surface area contributed by atoms with Gasteiger partial charge in [-0.05, 0) is 38.0 Å². The first kappa shape index (κ1) is 26.4. The van der Waals surface area contributed by atoms with Gasteiger partial charge in [-0.1, -0.05) is 30.0 Å². The summed E-state index contributed by atoms with van der Waals surface area (Å²) in [4.78, 5) is 40.8. The number of aromatic nitrogens is 2. The van der Waals surface area contributed by atoms with E-state index in [2.05, 4.69) is 10.3 Å². The first-order valence-corrected chi connectivity index (χ1v) is 13.9. The smallest absolute Gasteiger partial charge is 0.409 e. The highest BCUT2D eigenvalue weighted by Crippen LogP contribution is 2.30. The minimum absolute atomic E-state index is 0.0694. The predicted octanol–water partition coefficient (Wildman–Crippen LogP) is 3.01. The molecule has 1 aromatic heterocycles. The Morgan fingerprint density at radius 1 is 1.19 bits per heavy atom. The number of nitro groups is 1. The molecule has 196 valence electrons. The lowest BCUT2D eigenvalue weighted by Crippen LogP contribution is -2.47. The molecule has 2 amide bonds. The average molecular weight is 548 g/mol. The van der Waals surface area contributed by atoms with Crippen LogP contribution in [0.2, 0.25) is 0 Å². The van der Waals surface area contributed by atoms with E-state index in [9.17, 15) is 28.1 Å². The molecule has 4 rings (SSSR count). The third-order valence-corrected chi connectivity index (χ3v) is 8.53. The largest absolute Gasteiger partial charge is 0.450 e. The van der Waals surface area contributed by atoms with E-state index in [4.69, 9.17) is 4.74 Å². The van der Waals surface area contributed by atoms with Crippen molar-refractivity contribution in [1.82, 2.24) is 19.2 Å². The Morgan fingerprint density at radius 2 is 1.92 bits per heavy atom. The van der Waals surface area contributed by atoms with Crippen molar-refractivity contribution < 1.29 is 27.7 Å². The van der Waals surface area contributed by atoms with Crippen LogP contribution in [0.15, 0.2) is 58.6 Å². The highest BCUT2D eigenvalue weighted by atomic mass is 32.2. The summed E-state index contributed by atoms with van der Waals surface area (Å²) < 4.78 is 33.1. The highest BCUT2D eigenvalue weighted by Gasteiger charge is 2.28. The van der Waals surface area contributed by atoms with E-state index in [-0.39, 0.29) is 39.5 Å². The summed E-state index contributed by atoms with van der Waals surface area (Å²) in [5, 5.41) is 14.2. The highest BCUT2D eigenvalue weighted by molar-refractivity contribution is 8.00. The Morgan fingerprint density at radius 3 is 2.62 bits per heavy atom. The molecule has 0 aliphatic carbocycles. The number of nitrogens with zero attached hydrogens (tertiary/aromatic N) is 4. The molecule has 3 aromatic rings. The number of imidazole rings is 1. The summed E-state index contributed by atoms with van der Waals surface area (Å²) in [6, 6.07) is 11.3. The normalized spacial score (nSPS) is 14.5. The number of nitro benzene ring substituents is 1. The van der Waals surface area contributed by atoms with Gasteiger partial charge in [0.25, 0.3) is 15.7 Å². The van der Waals surface area contributed by atoms with Gasteiger partial charge in [0.15, 0.2) is 5.16 Å². The Balaban J connectivity index is 1.50. The van der Waals surface area contributed by atoms with E-state index < -0.39 is 14.9 Å². The molecular formula is C23H25N5O7S2. The van der Waals surface area contributed by atoms with Crippen LogP contribution >= 0.6 is 11.8 Å². The standard InChI is InChI=1S/C23H25N5O7S2/c1-2-35-23(30)26-12-10-16(11-13-26)24-21(29)15-36-22-25-19-8-3-4-9-20(19)27(22)37(33,34)18-7-5-6-17(14-18)28(31)32/h3-9,14,16H,2,10-13,15H2,1H3,(H,24,29). The van der Waals surface area contributed by atoms with Crippen molar-refractivity contribution >= 4 is 50.5 Å². The van der Waals surface area contributed by atoms with Crippen molar-refractivity contribution in [1.29, 1.82) is 0 Å². The summed E-state index contributed by atoms with van der Waals surface area (Å²) in [7, 11) is -4.26. The third kappa shape index (κ3) is 5.85. The van der Waals surface area contributed by atoms with Gasteiger partial charge in [-0.25, -0.2) is 22.2 Å². The van der Waals surface area contributed by atoms with Crippen molar-refractivity contribution in [2.75, 3.05) is 25.4 Å². The van der Waals surface area contributed by atoms with Crippen LogP contribution in [0, 0.1) is 10.1 Å². The zero-order valence-electron chi connectivity index (χ0n) is 19.9. The van der Waals surface area contributed by atoms with E-state index >= 15 is 0 Å². The number of thioether (sulfide) groups is 1. The minimum Gasteiger partial charge on any atom is -0.450 e. The van der Waals surface area contributed by atoms with Crippen LogP contribution in [0.1, 0.15) is 19.8 Å². The van der Waals surface area contributed by atoms with Gasteiger partial charge in [0.05, 0.1) is 33.2 Å². The minimum atomic E-state index is -4.26. The Bertz CT molecular complexity index is 1430.